The summed E-state index contributed by atoms with van der Waals surface area (Å²) in [6.45, 7) is 0. The van der Waals surface area contributed by atoms with Crippen molar-refractivity contribution < 1.29 is 19.0 Å². The minimum Gasteiger partial charge on any atom is -0.497 e. The van der Waals surface area contributed by atoms with Crippen molar-refractivity contribution in [2.75, 3.05) is 21.3 Å². The summed E-state index contributed by atoms with van der Waals surface area (Å²) in [4.78, 5) is 18.4. The summed E-state index contributed by atoms with van der Waals surface area (Å²) < 4.78 is 15.0. The molecule has 2 rings (SSSR count). The molecule has 0 spiro atoms. The van der Waals surface area contributed by atoms with E-state index in [9.17, 15) is 4.79 Å². The number of ether oxygens (including phenoxy) is 3. The second kappa shape index (κ2) is 5.43. The predicted octanol–water partition coefficient (Wildman–Crippen LogP) is 1.88. The van der Waals surface area contributed by atoms with E-state index in [1.54, 1.807) is 32.4 Å². The van der Waals surface area contributed by atoms with E-state index in [0.717, 1.165) is 5.56 Å². The zero-order valence-corrected chi connectivity index (χ0v) is 10.9. The Morgan fingerprint density at radius 1 is 1.21 bits per heavy atom. The number of benzene rings is 1. The van der Waals surface area contributed by atoms with Crippen LogP contribution in [-0.4, -0.2) is 37.3 Å². The number of rotatable bonds is 4. The molecule has 0 bridgehead atoms. The Kier molecular flexibility index (Phi) is 3.70. The van der Waals surface area contributed by atoms with E-state index < -0.39 is 5.97 Å². The van der Waals surface area contributed by atoms with Gasteiger partial charge in [-0.05, 0) is 12.1 Å². The zero-order chi connectivity index (χ0) is 13.8. The number of aromatic nitrogens is 2. The van der Waals surface area contributed by atoms with Gasteiger partial charge in [-0.2, -0.15) is 0 Å². The number of aromatic amines is 1. The third kappa shape index (κ3) is 2.52. The Morgan fingerprint density at radius 3 is 2.63 bits per heavy atom. The van der Waals surface area contributed by atoms with Crippen LogP contribution in [-0.2, 0) is 4.74 Å². The number of methoxy groups -OCH3 is 3. The molecule has 1 N–H and O–H groups in total. The molecule has 0 radical (unpaired) electrons. The predicted molar refractivity (Wildman–Crippen MR) is 68.5 cm³/mol. The first-order valence-electron chi connectivity index (χ1n) is 5.55. The molecule has 2 aromatic rings. The van der Waals surface area contributed by atoms with Crippen LogP contribution in [0.15, 0.2) is 24.4 Å². The summed E-state index contributed by atoms with van der Waals surface area (Å²) in [5.41, 5.74) is 1.02. The van der Waals surface area contributed by atoms with E-state index in [4.69, 9.17) is 9.47 Å². The standard InChI is InChI=1S/C13H14N2O4/c1-17-8-4-5-9(11(6-8)18-2)12-14-7-10(15-12)13(16)19-3/h4-7H,1-3H3,(H,14,15). The van der Waals surface area contributed by atoms with E-state index in [0.29, 0.717) is 17.3 Å². The van der Waals surface area contributed by atoms with E-state index in [1.807, 2.05) is 0 Å². The molecule has 6 nitrogen and oxygen atoms in total. The highest BCUT2D eigenvalue weighted by molar-refractivity contribution is 5.87. The molecule has 0 unspecified atom stereocenters. The first-order valence-corrected chi connectivity index (χ1v) is 5.55. The number of imidazole rings is 1. The number of nitrogens with zero attached hydrogens (tertiary/aromatic N) is 1. The van der Waals surface area contributed by atoms with Gasteiger partial charge in [-0.25, -0.2) is 9.78 Å². The number of hydrogen-bond donors (Lipinski definition) is 1. The highest BCUT2D eigenvalue weighted by atomic mass is 16.5. The molecule has 0 atom stereocenters. The van der Waals surface area contributed by atoms with Crippen molar-refractivity contribution in [1.82, 2.24) is 9.97 Å². The van der Waals surface area contributed by atoms with Crippen LogP contribution >= 0.6 is 0 Å². The molecular weight excluding hydrogens is 248 g/mol. The van der Waals surface area contributed by atoms with E-state index in [2.05, 4.69) is 14.7 Å². The summed E-state index contributed by atoms with van der Waals surface area (Å²) in [5, 5.41) is 0. The van der Waals surface area contributed by atoms with Gasteiger partial charge in [-0.1, -0.05) is 0 Å². The van der Waals surface area contributed by atoms with Gasteiger partial charge < -0.3 is 19.2 Å². The average molecular weight is 262 g/mol. The summed E-state index contributed by atoms with van der Waals surface area (Å²) in [6.07, 6.45) is 1.42. The average Bonchev–Trinajstić information content (AvgIpc) is 2.95. The second-order valence-corrected chi connectivity index (χ2v) is 3.70. The molecule has 0 saturated heterocycles. The Labute approximate surface area is 110 Å². The molecule has 1 heterocycles. The molecular formula is C13H14N2O4. The molecule has 0 fully saturated rings. The Morgan fingerprint density at radius 2 is 2.00 bits per heavy atom. The molecule has 1 aromatic carbocycles. The maximum atomic E-state index is 11.4. The highest BCUT2D eigenvalue weighted by Crippen LogP contribution is 2.31. The number of hydrogen-bond acceptors (Lipinski definition) is 5. The number of nitrogens with one attached hydrogen (secondary N) is 1. The number of carbonyl (C=O) groups excluding carboxylic acids is 1. The fourth-order valence-electron chi connectivity index (χ4n) is 1.67. The van der Waals surface area contributed by atoms with Crippen LogP contribution < -0.4 is 9.47 Å². The van der Waals surface area contributed by atoms with Crippen molar-refractivity contribution in [3.8, 4) is 22.9 Å². The van der Waals surface area contributed by atoms with Crippen molar-refractivity contribution in [1.29, 1.82) is 0 Å². The first-order chi connectivity index (χ1) is 9.19. The third-order valence-electron chi connectivity index (χ3n) is 2.64. The van der Waals surface area contributed by atoms with E-state index >= 15 is 0 Å². The molecule has 0 aliphatic carbocycles. The van der Waals surface area contributed by atoms with Crippen molar-refractivity contribution in [3.63, 3.8) is 0 Å². The topological polar surface area (TPSA) is 73.4 Å². The zero-order valence-electron chi connectivity index (χ0n) is 10.9. The molecule has 19 heavy (non-hydrogen) atoms. The number of H-pyrrole nitrogens is 1. The van der Waals surface area contributed by atoms with Crippen molar-refractivity contribution >= 4 is 5.97 Å². The fraction of sp³-hybridized carbons (Fsp3) is 0.231. The number of esters is 1. The summed E-state index contributed by atoms with van der Waals surface area (Å²) in [6, 6.07) is 5.34. The van der Waals surface area contributed by atoms with Gasteiger partial charge in [-0.3, -0.25) is 0 Å². The molecule has 0 aliphatic heterocycles. The van der Waals surface area contributed by atoms with Gasteiger partial charge in [0.15, 0.2) is 0 Å². The minimum atomic E-state index is -0.466. The smallest absolute Gasteiger partial charge is 0.356 e. The minimum absolute atomic E-state index is 0.287. The number of carbonyl (C=O) groups is 1. The van der Waals surface area contributed by atoms with Crippen molar-refractivity contribution in [2.45, 2.75) is 0 Å². The SMILES string of the molecule is COC(=O)c1cnc(-c2ccc(OC)cc2OC)[nH]1. The van der Waals surface area contributed by atoms with Crippen LogP contribution in [0.4, 0.5) is 0 Å². The summed E-state index contributed by atoms with van der Waals surface area (Å²) in [5.74, 6) is 1.34. The van der Waals surface area contributed by atoms with Gasteiger partial charge in [0.2, 0.25) is 0 Å². The lowest BCUT2D eigenvalue weighted by atomic mass is 10.2. The van der Waals surface area contributed by atoms with Gasteiger partial charge in [0, 0.05) is 6.07 Å². The molecule has 6 heteroatoms. The Balaban J connectivity index is 2.41. The van der Waals surface area contributed by atoms with E-state index in [-0.39, 0.29) is 5.69 Å². The highest BCUT2D eigenvalue weighted by Gasteiger charge is 2.14. The normalized spacial score (nSPS) is 10.1. The van der Waals surface area contributed by atoms with Crippen LogP contribution in [0, 0.1) is 0 Å². The maximum Gasteiger partial charge on any atom is 0.356 e. The molecule has 0 aliphatic rings. The van der Waals surface area contributed by atoms with Gasteiger partial charge in [-0.15, -0.1) is 0 Å². The summed E-state index contributed by atoms with van der Waals surface area (Å²) >= 11 is 0. The Hall–Kier alpha value is -2.50. The van der Waals surface area contributed by atoms with Crippen LogP contribution in [0.5, 0.6) is 11.5 Å². The van der Waals surface area contributed by atoms with Crippen molar-refractivity contribution in [2.24, 2.45) is 0 Å². The van der Waals surface area contributed by atoms with Crippen LogP contribution in [0.1, 0.15) is 10.5 Å². The van der Waals surface area contributed by atoms with E-state index in [1.165, 1.54) is 13.3 Å². The maximum absolute atomic E-state index is 11.4. The van der Waals surface area contributed by atoms with Gasteiger partial charge >= 0.3 is 5.97 Å². The first kappa shape index (κ1) is 12.9. The van der Waals surface area contributed by atoms with Gasteiger partial charge in [0.05, 0.1) is 33.1 Å². The second-order valence-electron chi connectivity index (χ2n) is 3.70. The fourth-order valence-corrected chi connectivity index (χ4v) is 1.67. The molecule has 1 aromatic heterocycles. The quantitative estimate of drug-likeness (QED) is 0.851. The largest absolute Gasteiger partial charge is 0.497 e. The molecule has 0 saturated carbocycles. The molecule has 100 valence electrons. The third-order valence-corrected chi connectivity index (χ3v) is 2.64. The van der Waals surface area contributed by atoms with Crippen molar-refractivity contribution in [3.05, 3.63) is 30.1 Å². The Bertz CT molecular complexity index is 592. The lowest BCUT2D eigenvalue weighted by Gasteiger charge is -2.08. The monoisotopic (exact) mass is 262 g/mol. The molecule has 0 amide bonds. The van der Waals surface area contributed by atoms with Gasteiger partial charge in [0.25, 0.3) is 0 Å². The lowest BCUT2D eigenvalue weighted by molar-refractivity contribution is 0.0595. The van der Waals surface area contributed by atoms with Crippen LogP contribution in [0.25, 0.3) is 11.4 Å². The van der Waals surface area contributed by atoms with Crippen LogP contribution in [0.2, 0.25) is 0 Å². The summed E-state index contributed by atoms with van der Waals surface area (Å²) in [7, 11) is 4.45. The lowest BCUT2D eigenvalue weighted by Crippen LogP contribution is -2.01. The van der Waals surface area contributed by atoms with Gasteiger partial charge in [0.1, 0.15) is 23.0 Å². The van der Waals surface area contributed by atoms with Crippen LogP contribution in [0.3, 0.4) is 0 Å².